The van der Waals surface area contributed by atoms with Gasteiger partial charge >= 0.3 is 0 Å². The minimum Gasteiger partial charge on any atom is -0.349 e. The van der Waals surface area contributed by atoms with Crippen LogP contribution in [0, 0.1) is 0 Å². The van der Waals surface area contributed by atoms with Crippen LogP contribution in [0.5, 0.6) is 0 Å². The molecule has 0 aliphatic carbocycles. The van der Waals surface area contributed by atoms with Crippen LogP contribution >= 0.6 is 0 Å². The monoisotopic (exact) mass is 467 g/mol. The molecule has 3 aliphatic heterocycles. The lowest BCUT2D eigenvalue weighted by Gasteiger charge is -2.43. The van der Waals surface area contributed by atoms with Gasteiger partial charge in [-0.1, -0.05) is 6.92 Å². The molecular weight excluding hydrogens is 437 g/mol. The maximum Gasteiger partial charge on any atom is 0.284 e. The van der Waals surface area contributed by atoms with Crippen LogP contribution in [-0.2, 0) is 21.4 Å². The van der Waals surface area contributed by atoms with Gasteiger partial charge in [0, 0.05) is 48.9 Å². The number of halogens is 1. The van der Waals surface area contributed by atoms with Crippen molar-refractivity contribution in [2.75, 3.05) is 18.4 Å². The van der Waals surface area contributed by atoms with Crippen LogP contribution < -0.4 is 16.4 Å². The first-order valence-corrected chi connectivity index (χ1v) is 12.5. The van der Waals surface area contributed by atoms with Crippen molar-refractivity contribution < 1.29 is 22.4 Å². The summed E-state index contributed by atoms with van der Waals surface area (Å²) in [6.07, 6.45) is 0.273. The molecule has 1 aromatic carbocycles. The fourth-order valence-electron chi connectivity index (χ4n) is 4.77. The molecule has 4 rings (SSSR count). The molecule has 4 N–H and O–H groups in total. The van der Waals surface area contributed by atoms with Crippen LogP contribution in [0.4, 0.5) is 10.1 Å². The molecule has 1 aromatic rings. The van der Waals surface area contributed by atoms with Gasteiger partial charge in [-0.3, -0.25) is 9.59 Å². The zero-order valence-corrected chi connectivity index (χ0v) is 18.9. The van der Waals surface area contributed by atoms with Crippen molar-refractivity contribution >= 4 is 27.7 Å². The summed E-state index contributed by atoms with van der Waals surface area (Å²) in [6.45, 7) is 2.40. The van der Waals surface area contributed by atoms with E-state index in [0.717, 1.165) is 9.87 Å². The molecule has 0 radical (unpaired) electrons. The van der Waals surface area contributed by atoms with Gasteiger partial charge in [0.05, 0.1) is 6.42 Å². The summed E-state index contributed by atoms with van der Waals surface area (Å²) in [4.78, 5) is 24.3. The van der Waals surface area contributed by atoms with E-state index in [1.165, 1.54) is 4.31 Å². The zero-order valence-electron chi connectivity index (χ0n) is 18.1. The van der Waals surface area contributed by atoms with E-state index in [0.29, 0.717) is 50.0 Å². The van der Waals surface area contributed by atoms with Gasteiger partial charge in [0.15, 0.2) is 6.30 Å². The molecule has 32 heavy (non-hydrogen) atoms. The molecule has 3 heterocycles. The number of nitrogens with zero attached hydrogens (tertiary/aromatic N) is 2. The second-order valence-corrected chi connectivity index (χ2v) is 10.6. The number of nitrogens with two attached hydrogens (primary N) is 1. The summed E-state index contributed by atoms with van der Waals surface area (Å²) in [5, 5.41) is 5.57. The summed E-state index contributed by atoms with van der Waals surface area (Å²) in [6, 6.07) is 3.89. The smallest absolute Gasteiger partial charge is 0.284 e. The van der Waals surface area contributed by atoms with Crippen molar-refractivity contribution in [1.29, 1.82) is 0 Å². The van der Waals surface area contributed by atoms with Crippen molar-refractivity contribution in [2.24, 2.45) is 5.73 Å². The maximum atomic E-state index is 15.2. The highest BCUT2D eigenvalue weighted by Crippen LogP contribution is 2.32. The average molecular weight is 468 g/mol. The Morgan fingerprint density at radius 1 is 1.28 bits per heavy atom. The molecule has 3 aliphatic rings. The number of rotatable bonds is 5. The number of anilines is 1. The SMILES string of the molecule is CC[C@H]1C[C@@H](NC(=O)c2ccc3c(c2)CC(=O)N3)C[C@@H](F)N1S(=O)(=O)N1CCC(N)CC1. The summed E-state index contributed by atoms with van der Waals surface area (Å²) in [7, 11) is -3.95. The Morgan fingerprint density at radius 2 is 2.00 bits per heavy atom. The highest BCUT2D eigenvalue weighted by atomic mass is 32.2. The number of fused-ring (bicyclic) bond motifs is 1. The molecule has 3 atom stereocenters. The first-order chi connectivity index (χ1) is 15.2. The number of benzene rings is 1. The fraction of sp³-hybridized carbons (Fsp3) is 0.619. The Bertz CT molecular complexity index is 996. The van der Waals surface area contributed by atoms with Gasteiger partial charge < -0.3 is 16.4 Å². The van der Waals surface area contributed by atoms with E-state index in [9.17, 15) is 18.0 Å². The molecule has 0 unspecified atom stereocenters. The highest BCUT2D eigenvalue weighted by molar-refractivity contribution is 7.86. The van der Waals surface area contributed by atoms with Gasteiger partial charge in [-0.25, -0.2) is 4.39 Å². The maximum absolute atomic E-state index is 15.2. The topological polar surface area (TPSA) is 125 Å². The number of carbonyl (C=O) groups excluding carboxylic acids is 2. The molecule has 0 bridgehead atoms. The van der Waals surface area contributed by atoms with Crippen molar-refractivity contribution in [3.8, 4) is 0 Å². The third-order valence-corrected chi connectivity index (χ3v) is 8.64. The summed E-state index contributed by atoms with van der Waals surface area (Å²) >= 11 is 0. The number of alkyl halides is 1. The van der Waals surface area contributed by atoms with E-state index in [1.54, 1.807) is 18.2 Å². The van der Waals surface area contributed by atoms with Crippen molar-refractivity contribution in [1.82, 2.24) is 13.9 Å². The lowest BCUT2D eigenvalue weighted by Crippen LogP contribution is -2.59. The standard InChI is InChI=1S/C21H30FN5O4S/c1-2-17-11-16(24-21(29)13-3-4-18-14(9-13)10-20(28)25-18)12-19(22)27(17)32(30,31)26-7-5-15(23)6-8-26/h3-4,9,15-17,19H,2,5-8,10-12,23H2,1H3,(H,24,29)(H,25,28)/t16-,17+,19+/m1/s1. The summed E-state index contributed by atoms with van der Waals surface area (Å²) < 4.78 is 43.9. The summed E-state index contributed by atoms with van der Waals surface area (Å²) in [5.74, 6) is -0.478. The van der Waals surface area contributed by atoms with Crippen molar-refractivity contribution in [3.05, 3.63) is 29.3 Å². The number of piperidine rings is 2. The quantitative estimate of drug-likeness (QED) is 0.560. The second-order valence-electron chi connectivity index (χ2n) is 8.81. The van der Waals surface area contributed by atoms with E-state index >= 15 is 4.39 Å². The molecule has 2 fully saturated rings. The number of nitrogens with one attached hydrogen (secondary N) is 2. The molecule has 11 heteroatoms. The van der Waals surface area contributed by atoms with E-state index < -0.39 is 28.6 Å². The van der Waals surface area contributed by atoms with Gasteiger partial charge in [-0.05, 0) is 49.4 Å². The number of hydrogen-bond donors (Lipinski definition) is 3. The highest BCUT2D eigenvalue weighted by Gasteiger charge is 2.45. The van der Waals surface area contributed by atoms with E-state index in [-0.39, 0.29) is 30.7 Å². The van der Waals surface area contributed by atoms with Crippen molar-refractivity contribution in [3.63, 3.8) is 0 Å². The average Bonchev–Trinajstić information content (AvgIpc) is 3.12. The van der Waals surface area contributed by atoms with E-state index in [2.05, 4.69) is 10.6 Å². The molecule has 0 aromatic heterocycles. The third kappa shape index (κ3) is 4.52. The Kier molecular flexibility index (Phi) is 6.53. The first kappa shape index (κ1) is 23.1. The van der Waals surface area contributed by atoms with Gasteiger partial charge in [-0.15, -0.1) is 0 Å². The molecule has 2 amide bonds. The molecule has 0 spiro atoms. The normalized spacial score (nSPS) is 27.7. The van der Waals surface area contributed by atoms with E-state index in [4.69, 9.17) is 5.73 Å². The van der Waals surface area contributed by atoms with Crippen LogP contribution in [-0.4, -0.2) is 66.4 Å². The molecule has 2 saturated heterocycles. The first-order valence-electron chi connectivity index (χ1n) is 11.1. The lowest BCUT2D eigenvalue weighted by molar-refractivity contribution is -0.115. The van der Waals surface area contributed by atoms with Crippen LogP contribution in [0.1, 0.15) is 54.9 Å². The Labute approximate surface area is 187 Å². The molecule has 0 saturated carbocycles. The minimum absolute atomic E-state index is 0.0290. The Morgan fingerprint density at radius 3 is 2.69 bits per heavy atom. The number of hydrogen-bond acceptors (Lipinski definition) is 5. The lowest BCUT2D eigenvalue weighted by atomic mass is 9.96. The number of carbonyl (C=O) groups is 2. The van der Waals surface area contributed by atoms with Gasteiger partial charge in [0.2, 0.25) is 5.91 Å². The van der Waals surface area contributed by atoms with Crippen LogP contribution in [0.3, 0.4) is 0 Å². The molecule has 176 valence electrons. The fourth-order valence-corrected chi connectivity index (χ4v) is 6.70. The van der Waals surface area contributed by atoms with Crippen LogP contribution in [0.25, 0.3) is 0 Å². The zero-order chi connectivity index (χ0) is 23.0. The predicted molar refractivity (Wildman–Crippen MR) is 118 cm³/mol. The largest absolute Gasteiger partial charge is 0.349 e. The minimum atomic E-state index is -3.95. The Hall–Kier alpha value is -2.08. The Balaban J connectivity index is 1.44. The van der Waals surface area contributed by atoms with Crippen LogP contribution in [0.15, 0.2) is 18.2 Å². The van der Waals surface area contributed by atoms with Gasteiger partial charge in [0.1, 0.15) is 0 Å². The van der Waals surface area contributed by atoms with Crippen molar-refractivity contribution in [2.45, 2.75) is 69.9 Å². The van der Waals surface area contributed by atoms with Crippen LogP contribution in [0.2, 0.25) is 0 Å². The third-order valence-electron chi connectivity index (χ3n) is 6.56. The van der Waals surface area contributed by atoms with Gasteiger partial charge in [0.25, 0.3) is 16.1 Å². The summed E-state index contributed by atoms with van der Waals surface area (Å²) in [5.41, 5.74) is 7.71. The molecular formula is C21H30FN5O4S. The second kappa shape index (κ2) is 9.05. The predicted octanol–water partition coefficient (Wildman–Crippen LogP) is 1.12. The van der Waals surface area contributed by atoms with Gasteiger partial charge in [-0.2, -0.15) is 17.0 Å². The molecule has 9 nitrogen and oxygen atoms in total. The van der Waals surface area contributed by atoms with E-state index in [1.807, 2.05) is 6.92 Å². The number of amides is 2.